The zero-order chi connectivity index (χ0) is 28.3. The third-order valence-corrected chi connectivity index (χ3v) is 7.55. The van der Waals surface area contributed by atoms with Gasteiger partial charge in [0.25, 0.3) is 11.8 Å². The normalized spacial score (nSPS) is 11.8. The number of anilines is 2. The van der Waals surface area contributed by atoms with Crippen molar-refractivity contribution in [3.05, 3.63) is 125 Å². The largest absolute Gasteiger partial charge is 0.321 e. The van der Waals surface area contributed by atoms with Gasteiger partial charge >= 0.3 is 0 Å². The number of nitrogens with zero attached hydrogens (tertiary/aromatic N) is 1. The van der Waals surface area contributed by atoms with Gasteiger partial charge in [-0.25, -0.2) is 4.98 Å². The Morgan fingerprint density at radius 3 is 2.35 bits per heavy atom. The van der Waals surface area contributed by atoms with Gasteiger partial charge in [-0.2, -0.15) is 0 Å². The molecule has 1 atom stereocenters. The van der Waals surface area contributed by atoms with Crippen molar-refractivity contribution in [2.45, 2.75) is 23.5 Å². The van der Waals surface area contributed by atoms with E-state index < -0.39 is 11.8 Å². The van der Waals surface area contributed by atoms with Crippen molar-refractivity contribution < 1.29 is 14.4 Å². The average molecular weight is 616 g/mol. The van der Waals surface area contributed by atoms with E-state index in [-0.39, 0.29) is 16.9 Å². The molecule has 3 aromatic carbocycles. The monoisotopic (exact) mass is 614 g/mol. The molecule has 3 N–H and O–H groups in total. The number of pyridine rings is 1. The summed E-state index contributed by atoms with van der Waals surface area (Å²) in [6.07, 6.45) is 3.85. The number of benzene rings is 3. The maximum atomic E-state index is 13.4. The van der Waals surface area contributed by atoms with Crippen molar-refractivity contribution in [3.63, 3.8) is 0 Å². The van der Waals surface area contributed by atoms with Crippen LogP contribution in [0.25, 0.3) is 6.08 Å². The number of rotatable bonds is 10. The van der Waals surface area contributed by atoms with Crippen molar-refractivity contribution in [1.82, 2.24) is 10.3 Å². The maximum Gasteiger partial charge on any atom is 0.272 e. The van der Waals surface area contributed by atoms with Crippen LogP contribution in [-0.2, 0) is 9.59 Å². The number of aromatic nitrogens is 1. The van der Waals surface area contributed by atoms with E-state index >= 15 is 0 Å². The highest BCUT2D eigenvalue weighted by molar-refractivity contribution is 9.10. The number of hydrogen-bond donors (Lipinski definition) is 3. The number of amides is 3. The van der Waals surface area contributed by atoms with Gasteiger partial charge in [-0.1, -0.05) is 65.3 Å². The Hall–Kier alpha value is -4.21. The molecule has 0 aliphatic rings. The van der Waals surface area contributed by atoms with Crippen LogP contribution < -0.4 is 16.0 Å². The van der Waals surface area contributed by atoms with Gasteiger partial charge in [-0.05, 0) is 72.7 Å². The highest BCUT2D eigenvalue weighted by Gasteiger charge is 2.19. The fraction of sp³-hybridized carbons (Fsp3) is 0.0968. The minimum atomic E-state index is -0.478. The Morgan fingerprint density at radius 2 is 1.65 bits per heavy atom. The van der Waals surface area contributed by atoms with Crippen LogP contribution in [0.4, 0.5) is 11.5 Å². The molecule has 202 valence electrons. The second-order valence-electron chi connectivity index (χ2n) is 8.63. The first-order valence-electron chi connectivity index (χ1n) is 12.5. The minimum absolute atomic E-state index is 0.0930. The van der Waals surface area contributed by atoms with Crippen molar-refractivity contribution in [3.8, 4) is 0 Å². The third kappa shape index (κ3) is 8.39. The first kappa shape index (κ1) is 28.8. The van der Waals surface area contributed by atoms with Crippen LogP contribution in [0.1, 0.15) is 29.3 Å². The molecule has 0 aliphatic heterocycles. The zero-order valence-corrected chi connectivity index (χ0v) is 24.0. The molecule has 0 saturated heterocycles. The Kier molecular flexibility index (Phi) is 10.3. The molecular formula is C31H27BrN4O3S. The molecule has 3 amide bonds. The summed E-state index contributed by atoms with van der Waals surface area (Å²) in [6, 6.07) is 28.7. The van der Waals surface area contributed by atoms with Gasteiger partial charge in [0.1, 0.15) is 11.5 Å². The summed E-state index contributed by atoms with van der Waals surface area (Å²) < 4.78 is 0.900. The van der Waals surface area contributed by atoms with Gasteiger partial charge in [0, 0.05) is 26.8 Å². The molecule has 0 saturated carbocycles. The molecule has 40 heavy (non-hydrogen) atoms. The first-order valence-corrected chi connectivity index (χ1v) is 14.2. The molecule has 0 spiro atoms. The van der Waals surface area contributed by atoms with Gasteiger partial charge in [0.15, 0.2) is 0 Å². The molecular weight excluding hydrogens is 588 g/mol. The summed E-state index contributed by atoms with van der Waals surface area (Å²) in [5, 5.41) is 8.11. The van der Waals surface area contributed by atoms with E-state index in [1.807, 2.05) is 55.5 Å². The van der Waals surface area contributed by atoms with Crippen LogP contribution in [0.15, 0.2) is 118 Å². The molecule has 0 aliphatic carbocycles. The van der Waals surface area contributed by atoms with E-state index in [2.05, 4.69) is 36.9 Å². The second kappa shape index (κ2) is 14.3. The Labute approximate surface area is 245 Å². The maximum absolute atomic E-state index is 13.4. The van der Waals surface area contributed by atoms with Crippen molar-refractivity contribution in [2.75, 3.05) is 10.6 Å². The molecule has 1 heterocycles. The Bertz CT molecular complexity index is 1500. The number of thioether (sulfide) groups is 1. The molecule has 0 fully saturated rings. The van der Waals surface area contributed by atoms with E-state index in [4.69, 9.17) is 0 Å². The summed E-state index contributed by atoms with van der Waals surface area (Å²) >= 11 is 4.81. The summed E-state index contributed by atoms with van der Waals surface area (Å²) in [6.45, 7) is 1.94. The van der Waals surface area contributed by atoms with Crippen LogP contribution >= 0.6 is 27.7 Å². The van der Waals surface area contributed by atoms with Crippen molar-refractivity contribution >= 4 is 63.0 Å². The van der Waals surface area contributed by atoms with Gasteiger partial charge in [0.05, 0.1) is 5.25 Å². The lowest BCUT2D eigenvalue weighted by Gasteiger charge is -2.15. The fourth-order valence-electron chi connectivity index (χ4n) is 3.64. The van der Waals surface area contributed by atoms with Gasteiger partial charge in [0.2, 0.25) is 5.91 Å². The molecule has 4 aromatic rings. The molecule has 9 heteroatoms. The van der Waals surface area contributed by atoms with Crippen LogP contribution in [0, 0.1) is 0 Å². The van der Waals surface area contributed by atoms with E-state index in [9.17, 15) is 14.4 Å². The molecule has 0 radical (unpaired) electrons. The zero-order valence-electron chi connectivity index (χ0n) is 21.6. The number of hydrogen-bond acceptors (Lipinski definition) is 5. The highest BCUT2D eigenvalue weighted by Crippen LogP contribution is 2.28. The second-order valence-corrected chi connectivity index (χ2v) is 10.8. The van der Waals surface area contributed by atoms with Crippen molar-refractivity contribution in [1.29, 1.82) is 0 Å². The highest BCUT2D eigenvalue weighted by atomic mass is 79.9. The van der Waals surface area contributed by atoms with E-state index in [0.29, 0.717) is 23.5 Å². The number of nitrogens with one attached hydrogen (secondary N) is 3. The molecule has 7 nitrogen and oxygen atoms in total. The first-order chi connectivity index (χ1) is 19.4. The summed E-state index contributed by atoms with van der Waals surface area (Å²) in [5.74, 6) is -0.526. The summed E-state index contributed by atoms with van der Waals surface area (Å²) in [4.78, 5) is 44.0. The average Bonchev–Trinajstić information content (AvgIpc) is 2.97. The van der Waals surface area contributed by atoms with Crippen LogP contribution in [-0.4, -0.2) is 28.0 Å². The van der Waals surface area contributed by atoms with Crippen molar-refractivity contribution in [2.24, 2.45) is 0 Å². The van der Waals surface area contributed by atoms with Crippen LogP contribution in [0.3, 0.4) is 0 Å². The van der Waals surface area contributed by atoms with E-state index in [1.54, 1.807) is 60.8 Å². The third-order valence-electron chi connectivity index (χ3n) is 5.66. The molecule has 1 unspecified atom stereocenters. The predicted octanol–water partition coefficient (Wildman–Crippen LogP) is 6.76. The van der Waals surface area contributed by atoms with Crippen LogP contribution in [0.2, 0.25) is 0 Å². The molecule has 4 rings (SSSR count). The molecule has 0 bridgehead atoms. The topological polar surface area (TPSA) is 100 Å². The number of carbonyl (C=O) groups excluding carboxylic acids is 3. The summed E-state index contributed by atoms with van der Waals surface area (Å²) in [7, 11) is 0. The van der Waals surface area contributed by atoms with Gasteiger partial charge in [-0.3, -0.25) is 14.4 Å². The Balaban J connectivity index is 1.50. The van der Waals surface area contributed by atoms with E-state index in [1.165, 1.54) is 11.8 Å². The number of halogens is 1. The predicted molar refractivity (Wildman–Crippen MR) is 164 cm³/mol. The lowest BCUT2D eigenvalue weighted by Crippen LogP contribution is -2.30. The molecule has 1 aromatic heterocycles. The lowest BCUT2D eigenvalue weighted by molar-refractivity contribution is -0.116. The van der Waals surface area contributed by atoms with E-state index in [0.717, 1.165) is 14.9 Å². The minimum Gasteiger partial charge on any atom is -0.321 e. The quantitative estimate of drug-likeness (QED) is 0.135. The summed E-state index contributed by atoms with van der Waals surface area (Å²) in [5.41, 5.74) is 1.81. The number of carbonyl (C=O) groups is 3. The van der Waals surface area contributed by atoms with Gasteiger partial charge in [-0.15, -0.1) is 11.8 Å². The fourth-order valence-corrected chi connectivity index (χ4v) is 4.92. The smallest absolute Gasteiger partial charge is 0.272 e. The van der Waals surface area contributed by atoms with Crippen LogP contribution in [0.5, 0.6) is 0 Å². The van der Waals surface area contributed by atoms with Gasteiger partial charge < -0.3 is 16.0 Å². The Morgan fingerprint density at radius 1 is 0.900 bits per heavy atom. The lowest BCUT2D eigenvalue weighted by atomic mass is 10.1. The standard InChI is InChI=1S/C31H27BrN4O3S/c1-2-27(31(39)36-28-13-6-7-18-33-28)40-25-12-8-11-24(20-25)34-30(38)26(19-21-14-16-23(32)17-15-21)35-29(37)22-9-4-3-5-10-22/h3-20,27H,2H2,1H3,(H,34,38)(H,35,37)(H,33,36,39)/b26-19-. The SMILES string of the molecule is CCC(Sc1cccc(NC(=O)/C(=C/c2ccc(Br)cc2)NC(=O)c2ccccc2)c1)C(=O)Nc1ccccn1.